The maximum absolute atomic E-state index is 12.5. The Hall–Kier alpha value is -2.53. The maximum atomic E-state index is 12.5. The number of nitrogens with one attached hydrogen (secondary N) is 2. The molecule has 2 N–H and O–H groups in total. The van der Waals surface area contributed by atoms with Crippen molar-refractivity contribution < 1.29 is 9.59 Å². The lowest BCUT2D eigenvalue weighted by Crippen LogP contribution is -2.45. The van der Waals surface area contributed by atoms with Crippen molar-refractivity contribution in [3.8, 4) is 0 Å². The Morgan fingerprint density at radius 3 is 2.52 bits per heavy atom. The highest BCUT2D eigenvalue weighted by Crippen LogP contribution is 2.21. The van der Waals surface area contributed by atoms with E-state index in [9.17, 15) is 9.59 Å². The molecular weight excluding hydrogens is 338 g/mol. The van der Waals surface area contributed by atoms with Crippen molar-refractivity contribution in [1.29, 1.82) is 0 Å². The second-order valence-corrected chi connectivity index (χ2v) is 6.52. The molecule has 6 heteroatoms. The fourth-order valence-electron chi connectivity index (χ4n) is 2.91. The number of carbonyl (C=O) groups excluding carboxylic acids is 2. The van der Waals surface area contributed by atoms with Crippen molar-refractivity contribution in [3.05, 3.63) is 59.6 Å². The van der Waals surface area contributed by atoms with Crippen molar-refractivity contribution in [2.24, 2.45) is 5.92 Å². The van der Waals surface area contributed by atoms with Gasteiger partial charge in [-0.2, -0.15) is 0 Å². The van der Waals surface area contributed by atoms with Crippen molar-refractivity contribution in [2.75, 3.05) is 23.7 Å². The number of hydrogen-bond acceptors (Lipinski definition) is 2. The van der Waals surface area contributed by atoms with Gasteiger partial charge in [-0.05, 0) is 43.2 Å². The van der Waals surface area contributed by atoms with Gasteiger partial charge in [0.15, 0.2) is 0 Å². The molecule has 5 nitrogen and oxygen atoms in total. The summed E-state index contributed by atoms with van der Waals surface area (Å²) in [5, 5.41) is 6.32. The lowest BCUT2D eigenvalue weighted by atomic mass is 9.97. The molecule has 0 saturated carbocycles. The Bertz CT molecular complexity index is 751. The smallest absolute Gasteiger partial charge is 0.321 e. The van der Waals surface area contributed by atoms with Crippen LogP contribution in [0.5, 0.6) is 0 Å². The van der Waals surface area contributed by atoms with E-state index in [-0.39, 0.29) is 17.9 Å². The number of piperidine rings is 1. The molecule has 25 heavy (non-hydrogen) atoms. The fraction of sp³-hybridized carbons (Fsp3) is 0.263. The standard InChI is InChI=1S/C19H20ClN3O2/c20-15-7-4-10-17(12-15)21-18(24)14-6-5-11-23(13-14)19(25)22-16-8-2-1-3-9-16/h1-4,7-10,12,14H,5-6,11,13H2,(H,21,24)(H,22,25). The van der Waals surface area contributed by atoms with Gasteiger partial charge in [-0.1, -0.05) is 35.9 Å². The van der Waals surface area contributed by atoms with Crippen LogP contribution in [-0.4, -0.2) is 29.9 Å². The third-order valence-corrected chi connectivity index (χ3v) is 4.43. The molecule has 1 saturated heterocycles. The molecule has 3 rings (SSSR count). The van der Waals surface area contributed by atoms with Gasteiger partial charge in [-0.25, -0.2) is 4.79 Å². The fourth-order valence-corrected chi connectivity index (χ4v) is 3.10. The van der Waals surface area contributed by atoms with Crippen LogP contribution in [0.3, 0.4) is 0 Å². The van der Waals surface area contributed by atoms with Gasteiger partial charge < -0.3 is 15.5 Å². The predicted octanol–water partition coefficient (Wildman–Crippen LogP) is 4.22. The number of nitrogens with zero attached hydrogens (tertiary/aromatic N) is 1. The molecule has 0 bridgehead atoms. The number of likely N-dealkylation sites (tertiary alicyclic amines) is 1. The number of halogens is 1. The highest BCUT2D eigenvalue weighted by Gasteiger charge is 2.28. The van der Waals surface area contributed by atoms with E-state index >= 15 is 0 Å². The van der Waals surface area contributed by atoms with Crippen LogP contribution in [0.15, 0.2) is 54.6 Å². The van der Waals surface area contributed by atoms with Crippen molar-refractivity contribution >= 4 is 34.9 Å². The van der Waals surface area contributed by atoms with E-state index in [0.717, 1.165) is 18.5 Å². The number of anilines is 2. The molecule has 2 aromatic carbocycles. The molecule has 0 aromatic heterocycles. The molecule has 1 aliphatic rings. The molecule has 0 spiro atoms. The van der Waals surface area contributed by atoms with Crippen LogP contribution in [0, 0.1) is 5.92 Å². The van der Waals surface area contributed by atoms with Crippen molar-refractivity contribution in [2.45, 2.75) is 12.8 Å². The molecule has 1 atom stereocenters. The normalized spacial score (nSPS) is 17.0. The third kappa shape index (κ3) is 4.73. The second-order valence-electron chi connectivity index (χ2n) is 6.08. The lowest BCUT2D eigenvalue weighted by molar-refractivity contribution is -0.121. The summed E-state index contributed by atoms with van der Waals surface area (Å²) in [5.74, 6) is -0.311. The van der Waals surface area contributed by atoms with Crippen LogP contribution in [-0.2, 0) is 4.79 Å². The first-order valence-corrected chi connectivity index (χ1v) is 8.67. The van der Waals surface area contributed by atoms with E-state index < -0.39 is 0 Å². The first-order chi connectivity index (χ1) is 12.1. The third-order valence-electron chi connectivity index (χ3n) is 4.20. The van der Waals surface area contributed by atoms with Gasteiger partial charge in [0.05, 0.1) is 5.92 Å². The molecule has 2 aromatic rings. The van der Waals surface area contributed by atoms with Gasteiger partial charge in [0.2, 0.25) is 5.91 Å². The maximum Gasteiger partial charge on any atom is 0.321 e. The summed E-state index contributed by atoms with van der Waals surface area (Å²) < 4.78 is 0. The Morgan fingerprint density at radius 2 is 1.76 bits per heavy atom. The Balaban J connectivity index is 1.58. The quantitative estimate of drug-likeness (QED) is 0.863. The number of rotatable bonds is 3. The van der Waals surface area contributed by atoms with E-state index in [1.165, 1.54) is 0 Å². The SMILES string of the molecule is O=C(Nc1cccc(Cl)c1)C1CCCN(C(=O)Nc2ccccc2)C1. The minimum absolute atomic E-state index is 0.0838. The predicted molar refractivity (Wildman–Crippen MR) is 99.8 cm³/mol. The first-order valence-electron chi connectivity index (χ1n) is 8.29. The van der Waals surface area contributed by atoms with Crippen molar-refractivity contribution in [3.63, 3.8) is 0 Å². The minimum atomic E-state index is -0.228. The zero-order valence-electron chi connectivity index (χ0n) is 13.7. The summed E-state index contributed by atoms with van der Waals surface area (Å²) in [6, 6.07) is 16.2. The summed E-state index contributed by atoms with van der Waals surface area (Å²) in [6.07, 6.45) is 1.57. The highest BCUT2D eigenvalue weighted by molar-refractivity contribution is 6.30. The average Bonchev–Trinajstić information content (AvgIpc) is 2.62. The number of urea groups is 1. The van der Waals surface area contributed by atoms with Gasteiger partial charge in [-0.15, -0.1) is 0 Å². The number of carbonyl (C=O) groups is 2. The van der Waals surface area contributed by atoms with Gasteiger partial charge in [0.1, 0.15) is 0 Å². The Kier molecular flexibility index (Phi) is 5.56. The summed E-state index contributed by atoms with van der Waals surface area (Å²) in [5.41, 5.74) is 1.42. The molecule has 3 amide bonds. The van der Waals surface area contributed by atoms with Gasteiger partial charge in [-0.3, -0.25) is 4.79 Å². The summed E-state index contributed by atoms with van der Waals surface area (Å²) >= 11 is 5.94. The zero-order valence-corrected chi connectivity index (χ0v) is 14.5. The summed E-state index contributed by atoms with van der Waals surface area (Å²) in [6.45, 7) is 1.06. The van der Waals surface area contributed by atoms with Crippen LogP contribution < -0.4 is 10.6 Å². The van der Waals surface area contributed by atoms with Gasteiger partial charge in [0.25, 0.3) is 0 Å². The molecule has 0 aliphatic carbocycles. The largest absolute Gasteiger partial charge is 0.326 e. The molecule has 1 aliphatic heterocycles. The number of amides is 3. The zero-order chi connectivity index (χ0) is 17.6. The number of para-hydroxylation sites is 1. The minimum Gasteiger partial charge on any atom is -0.326 e. The topological polar surface area (TPSA) is 61.4 Å². The van der Waals surface area contributed by atoms with Crippen LogP contribution in [0.2, 0.25) is 5.02 Å². The van der Waals surface area contributed by atoms with Crippen LogP contribution in [0.4, 0.5) is 16.2 Å². The van der Waals surface area contributed by atoms with Crippen LogP contribution in [0.1, 0.15) is 12.8 Å². The van der Waals surface area contributed by atoms with Crippen molar-refractivity contribution in [1.82, 2.24) is 4.90 Å². The monoisotopic (exact) mass is 357 g/mol. The van der Waals surface area contributed by atoms with Gasteiger partial charge in [0, 0.05) is 29.5 Å². The lowest BCUT2D eigenvalue weighted by Gasteiger charge is -2.32. The summed E-state index contributed by atoms with van der Waals surface area (Å²) in [7, 11) is 0. The number of benzene rings is 2. The van der Waals surface area contributed by atoms with Crippen LogP contribution >= 0.6 is 11.6 Å². The molecule has 1 unspecified atom stereocenters. The average molecular weight is 358 g/mol. The molecule has 0 radical (unpaired) electrons. The molecule has 1 heterocycles. The Morgan fingerprint density at radius 1 is 1.00 bits per heavy atom. The van der Waals surface area contributed by atoms with E-state index in [1.54, 1.807) is 29.2 Å². The molecule has 130 valence electrons. The van der Waals surface area contributed by atoms with E-state index in [2.05, 4.69) is 10.6 Å². The molecular formula is C19H20ClN3O2. The molecule has 1 fully saturated rings. The van der Waals surface area contributed by atoms with E-state index in [4.69, 9.17) is 11.6 Å². The summed E-state index contributed by atoms with van der Waals surface area (Å²) in [4.78, 5) is 26.6. The highest BCUT2D eigenvalue weighted by atomic mass is 35.5. The van der Waals surface area contributed by atoms with Crippen LogP contribution in [0.25, 0.3) is 0 Å². The number of hydrogen-bond donors (Lipinski definition) is 2. The Labute approximate surface area is 152 Å². The first kappa shape index (κ1) is 17.3. The second kappa shape index (κ2) is 8.03. The van der Waals surface area contributed by atoms with E-state index in [0.29, 0.717) is 23.8 Å². The van der Waals surface area contributed by atoms with Gasteiger partial charge >= 0.3 is 6.03 Å². The van der Waals surface area contributed by atoms with E-state index in [1.807, 2.05) is 30.3 Å².